The van der Waals surface area contributed by atoms with Crippen molar-refractivity contribution in [3.05, 3.63) is 114 Å². The number of nitrogens with zero attached hydrogens (tertiary/aromatic N) is 4. The summed E-state index contributed by atoms with van der Waals surface area (Å²) in [5, 5.41) is 10.9. The van der Waals surface area contributed by atoms with Crippen LogP contribution in [0.5, 0.6) is 0 Å². The van der Waals surface area contributed by atoms with Crippen LogP contribution in [0.2, 0.25) is 0 Å². The Kier molecular flexibility index (Phi) is 6.66. The lowest BCUT2D eigenvalue weighted by Gasteiger charge is -2.31. The van der Waals surface area contributed by atoms with Gasteiger partial charge in [0.2, 0.25) is 0 Å². The smallest absolute Gasteiger partial charge is 0.274 e. The van der Waals surface area contributed by atoms with Crippen molar-refractivity contribution in [1.82, 2.24) is 19.9 Å². The molecule has 7 heteroatoms. The van der Waals surface area contributed by atoms with Crippen LogP contribution in [0.4, 0.5) is 11.4 Å². The van der Waals surface area contributed by atoms with E-state index < -0.39 is 0 Å². The number of benzene rings is 3. The Morgan fingerprint density at radius 3 is 2.34 bits per heavy atom. The predicted molar refractivity (Wildman–Crippen MR) is 153 cm³/mol. The van der Waals surface area contributed by atoms with Gasteiger partial charge in [0.05, 0.1) is 17.6 Å². The fourth-order valence-electron chi connectivity index (χ4n) is 4.68. The van der Waals surface area contributed by atoms with Crippen LogP contribution >= 0.6 is 0 Å². The fourth-order valence-corrected chi connectivity index (χ4v) is 4.68. The van der Waals surface area contributed by atoms with Gasteiger partial charge in [0.25, 0.3) is 5.91 Å². The van der Waals surface area contributed by atoms with E-state index >= 15 is 0 Å². The van der Waals surface area contributed by atoms with E-state index in [4.69, 9.17) is 4.98 Å². The predicted octanol–water partition coefficient (Wildman–Crippen LogP) is 5.23. The van der Waals surface area contributed by atoms with Gasteiger partial charge in [-0.05, 0) is 34.9 Å². The molecule has 5 aromatic rings. The van der Waals surface area contributed by atoms with Crippen LogP contribution in [0.25, 0.3) is 28.9 Å². The molecule has 0 unspecified atom stereocenters. The molecule has 3 heterocycles. The van der Waals surface area contributed by atoms with E-state index in [1.165, 1.54) is 0 Å². The zero-order valence-electron chi connectivity index (χ0n) is 20.9. The molecule has 1 fully saturated rings. The second-order valence-electron chi connectivity index (χ2n) is 9.21. The third-order valence-electron chi connectivity index (χ3n) is 6.70. The Hall–Kier alpha value is -4.75. The van der Waals surface area contributed by atoms with Crippen molar-refractivity contribution in [2.45, 2.75) is 0 Å². The lowest BCUT2D eigenvalue weighted by Crippen LogP contribution is -2.43. The third-order valence-corrected chi connectivity index (χ3v) is 6.70. The second kappa shape index (κ2) is 10.7. The first kappa shape index (κ1) is 23.6. The first-order valence-corrected chi connectivity index (χ1v) is 12.8. The molecule has 0 spiro atoms. The summed E-state index contributed by atoms with van der Waals surface area (Å²) in [6.07, 6.45) is 7.75. The van der Waals surface area contributed by atoms with Gasteiger partial charge in [-0.3, -0.25) is 4.79 Å². The van der Waals surface area contributed by atoms with Crippen molar-refractivity contribution in [3.8, 4) is 11.1 Å². The van der Waals surface area contributed by atoms with E-state index in [1.54, 1.807) is 23.0 Å². The molecule has 7 nitrogen and oxygen atoms in total. The van der Waals surface area contributed by atoms with Gasteiger partial charge in [0.15, 0.2) is 5.65 Å². The van der Waals surface area contributed by atoms with Gasteiger partial charge < -0.3 is 15.5 Å². The zero-order valence-corrected chi connectivity index (χ0v) is 20.9. The molecule has 0 bridgehead atoms. The van der Waals surface area contributed by atoms with Gasteiger partial charge in [0, 0.05) is 37.9 Å². The second-order valence-corrected chi connectivity index (χ2v) is 9.21. The summed E-state index contributed by atoms with van der Waals surface area (Å²) in [6.45, 7) is 3.65. The first-order chi connectivity index (χ1) is 18.7. The zero-order chi connectivity index (χ0) is 25.7. The van der Waals surface area contributed by atoms with Crippen molar-refractivity contribution in [2.24, 2.45) is 0 Å². The number of rotatable bonds is 6. The Bertz CT molecular complexity index is 1580. The molecule has 2 aromatic heterocycles. The van der Waals surface area contributed by atoms with Gasteiger partial charge >= 0.3 is 0 Å². The van der Waals surface area contributed by atoms with Crippen LogP contribution < -0.4 is 15.5 Å². The molecule has 1 aliphatic heterocycles. The monoisotopic (exact) mass is 500 g/mol. The minimum absolute atomic E-state index is 0.247. The van der Waals surface area contributed by atoms with E-state index in [2.05, 4.69) is 69.2 Å². The van der Waals surface area contributed by atoms with Crippen LogP contribution in [-0.4, -0.2) is 46.7 Å². The molecule has 3 aromatic carbocycles. The van der Waals surface area contributed by atoms with E-state index in [0.29, 0.717) is 11.3 Å². The largest absolute Gasteiger partial charge is 0.367 e. The first-order valence-electron chi connectivity index (χ1n) is 12.8. The van der Waals surface area contributed by atoms with Crippen molar-refractivity contribution in [3.63, 3.8) is 0 Å². The summed E-state index contributed by atoms with van der Waals surface area (Å²) in [6, 6.07) is 28.1. The van der Waals surface area contributed by atoms with Crippen molar-refractivity contribution in [2.75, 3.05) is 36.4 Å². The summed E-state index contributed by atoms with van der Waals surface area (Å²) in [4.78, 5) is 20.2. The highest BCUT2D eigenvalue weighted by atomic mass is 16.1. The molecule has 38 heavy (non-hydrogen) atoms. The average molecular weight is 501 g/mol. The molecule has 0 aliphatic carbocycles. The molecule has 2 N–H and O–H groups in total. The summed E-state index contributed by atoms with van der Waals surface area (Å²) >= 11 is 0. The Morgan fingerprint density at radius 2 is 1.55 bits per heavy atom. The molecule has 6 rings (SSSR count). The average Bonchev–Trinajstić information content (AvgIpc) is 3.41. The molecule has 0 atom stereocenters. The van der Waals surface area contributed by atoms with E-state index in [1.807, 2.05) is 42.5 Å². The number of nitrogens with one attached hydrogen (secondary N) is 2. The number of piperazine rings is 1. The number of hydrogen-bond donors (Lipinski definition) is 2. The van der Waals surface area contributed by atoms with Gasteiger partial charge in [-0.15, -0.1) is 0 Å². The Morgan fingerprint density at radius 1 is 0.842 bits per heavy atom. The number of amides is 1. The number of fused-ring (bicyclic) bond motifs is 1. The van der Waals surface area contributed by atoms with Crippen LogP contribution in [-0.2, 0) is 0 Å². The molecule has 0 saturated carbocycles. The summed E-state index contributed by atoms with van der Waals surface area (Å²) in [5.41, 5.74) is 6.92. The number of para-hydroxylation sites is 2. The summed E-state index contributed by atoms with van der Waals surface area (Å²) in [7, 11) is 0. The molecule has 0 radical (unpaired) electrons. The lowest BCUT2D eigenvalue weighted by atomic mass is 10.1. The SMILES string of the molecule is O=C(Nc1ccccc1N1CCNCC1)c1ccn2ncc(-c3ccc(/C=C\c4ccccc4)cc3)c2n1. The standard InChI is InChI=1S/C31H28N6O/c38-31(35-27-8-4-5-9-29(27)36-20-17-32-18-21-36)28-16-19-37-30(34-28)26(22-33-37)25-14-12-24(13-15-25)11-10-23-6-2-1-3-7-23/h1-16,19,22,32H,17-18,20-21H2,(H,35,38)/b11-10-. The summed E-state index contributed by atoms with van der Waals surface area (Å²) in [5.74, 6) is -0.247. The van der Waals surface area contributed by atoms with Crippen LogP contribution in [0.3, 0.4) is 0 Å². The fraction of sp³-hybridized carbons (Fsp3) is 0.129. The van der Waals surface area contributed by atoms with E-state index in [-0.39, 0.29) is 5.91 Å². The topological polar surface area (TPSA) is 74.6 Å². The van der Waals surface area contributed by atoms with Gasteiger partial charge in [-0.1, -0.05) is 78.9 Å². The number of hydrogen-bond acceptors (Lipinski definition) is 5. The van der Waals surface area contributed by atoms with E-state index in [0.717, 1.165) is 59.8 Å². The number of aromatic nitrogens is 3. The quantitative estimate of drug-likeness (QED) is 0.313. The Balaban J connectivity index is 1.23. The van der Waals surface area contributed by atoms with Crippen LogP contribution in [0, 0.1) is 0 Å². The van der Waals surface area contributed by atoms with E-state index in [9.17, 15) is 4.79 Å². The maximum absolute atomic E-state index is 13.3. The third kappa shape index (κ3) is 5.05. The van der Waals surface area contributed by atoms with Gasteiger partial charge in [0.1, 0.15) is 5.69 Å². The van der Waals surface area contributed by atoms with Crippen LogP contribution in [0.15, 0.2) is 97.3 Å². The minimum Gasteiger partial charge on any atom is -0.367 e. The number of carbonyl (C=O) groups is 1. The maximum atomic E-state index is 13.3. The molecule has 1 aliphatic rings. The van der Waals surface area contributed by atoms with Crippen LogP contribution in [0.1, 0.15) is 21.6 Å². The Labute approximate surface area is 221 Å². The molecule has 1 saturated heterocycles. The lowest BCUT2D eigenvalue weighted by molar-refractivity contribution is 0.102. The molecular weight excluding hydrogens is 472 g/mol. The highest BCUT2D eigenvalue weighted by Gasteiger charge is 2.17. The van der Waals surface area contributed by atoms with Gasteiger partial charge in [-0.2, -0.15) is 5.10 Å². The molecule has 1 amide bonds. The number of carbonyl (C=O) groups excluding carboxylic acids is 1. The highest BCUT2D eigenvalue weighted by Crippen LogP contribution is 2.27. The molecule has 188 valence electrons. The van der Waals surface area contributed by atoms with Crippen molar-refractivity contribution < 1.29 is 4.79 Å². The summed E-state index contributed by atoms with van der Waals surface area (Å²) < 4.78 is 1.70. The highest BCUT2D eigenvalue weighted by molar-refractivity contribution is 6.05. The maximum Gasteiger partial charge on any atom is 0.274 e. The number of anilines is 2. The van der Waals surface area contributed by atoms with Crippen molar-refractivity contribution in [1.29, 1.82) is 0 Å². The van der Waals surface area contributed by atoms with Crippen molar-refractivity contribution >= 4 is 35.1 Å². The molecular formula is C31H28N6O. The minimum atomic E-state index is -0.247. The van der Waals surface area contributed by atoms with Gasteiger partial charge in [-0.25, -0.2) is 9.50 Å². The normalized spacial score (nSPS) is 13.7.